The van der Waals surface area contributed by atoms with Gasteiger partial charge >= 0.3 is 0 Å². The van der Waals surface area contributed by atoms with Crippen LogP contribution in [0.25, 0.3) is 0 Å². The molecule has 4 fully saturated rings. The second-order valence-electron chi connectivity index (χ2n) is 6.45. The standard InChI is InChI=1S/C13H19N3S/c1-9-2-11-3-10(1)5-13(4-9,6-11)14-7-12-8-17-16-15-12/h8-11,14H,1-7H2. The molecule has 0 aromatic carbocycles. The monoisotopic (exact) mass is 249 g/mol. The average Bonchev–Trinajstić information content (AvgIpc) is 2.77. The van der Waals surface area contributed by atoms with Gasteiger partial charge in [-0.25, -0.2) is 0 Å². The lowest BCUT2D eigenvalue weighted by molar-refractivity contribution is -0.0207. The maximum Gasteiger partial charge on any atom is 0.0893 e. The number of nitrogens with one attached hydrogen (secondary N) is 1. The van der Waals surface area contributed by atoms with Gasteiger partial charge in [-0.2, -0.15) is 0 Å². The number of nitrogens with zero attached hydrogens (tertiary/aromatic N) is 2. The molecule has 1 N–H and O–H groups in total. The number of hydrogen-bond donors (Lipinski definition) is 1. The predicted molar refractivity (Wildman–Crippen MR) is 67.7 cm³/mol. The first-order valence-electron chi connectivity index (χ1n) is 6.82. The van der Waals surface area contributed by atoms with Gasteiger partial charge in [0.25, 0.3) is 0 Å². The highest BCUT2D eigenvalue weighted by Gasteiger charge is 2.50. The smallest absolute Gasteiger partial charge is 0.0893 e. The first-order chi connectivity index (χ1) is 8.31. The van der Waals surface area contributed by atoms with Crippen molar-refractivity contribution in [3.8, 4) is 0 Å². The fraction of sp³-hybridized carbons (Fsp3) is 0.846. The van der Waals surface area contributed by atoms with Crippen LogP contribution in [0.5, 0.6) is 0 Å². The van der Waals surface area contributed by atoms with Crippen molar-refractivity contribution in [1.82, 2.24) is 14.9 Å². The van der Waals surface area contributed by atoms with Crippen molar-refractivity contribution < 1.29 is 0 Å². The van der Waals surface area contributed by atoms with E-state index in [9.17, 15) is 0 Å². The average molecular weight is 249 g/mol. The van der Waals surface area contributed by atoms with Gasteiger partial charge in [0, 0.05) is 17.5 Å². The molecule has 1 heterocycles. The van der Waals surface area contributed by atoms with Gasteiger partial charge in [-0.3, -0.25) is 0 Å². The van der Waals surface area contributed by atoms with Gasteiger partial charge in [0.1, 0.15) is 0 Å². The van der Waals surface area contributed by atoms with Crippen molar-refractivity contribution in [3.05, 3.63) is 11.1 Å². The second-order valence-corrected chi connectivity index (χ2v) is 7.06. The molecule has 4 saturated carbocycles. The molecule has 4 bridgehead atoms. The lowest BCUT2D eigenvalue weighted by Crippen LogP contribution is -2.58. The summed E-state index contributed by atoms with van der Waals surface area (Å²) in [7, 11) is 0. The van der Waals surface area contributed by atoms with Crippen molar-refractivity contribution in [1.29, 1.82) is 0 Å². The van der Waals surface area contributed by atoms with E-state index in [0.29, 0.717) is 5.54 Å². The molecule has 5 rings (SSSR count). The van der Waals surface area contributed by atoms with Crippen LogP contribution in [0.2, 0.25) is 0 Å². The van der Waals surface area contributed by atoms with Crippen molar-refractivity contribution in [2.75, 3.05) is 0 Å². The number of hydrogen-bond acceptors (Lipinski definition) is 4. The van der Waals surface area contributed by atoms with Crippen LogP contribution in [0.15, 0.2) is 5.38 Å². The van der Waals surface area contributed by atoms with E-state index in [2.05, 4.69) is 20.3 Å². The summed E-state index contributed by atoms with van der Waals surface area (Å²) in [6, 6.07) is 0. The van der Waals surface area contributed by atoms with Gasteiger partial charge in [0.2, 0.25) is 0 Å². The Morgan fingerprint density at radius 1 is 1.18 bits per heavy atom. The molecule has 0 amide bonds. The Labute approximate surface area is 106 Å². The molecule has 0 saturated heterocycles. The third-order valence-corrected chi connectivity index (χ3v) is 5.64. The van der Waals surface area contributed by atoms with E-state index in [-0.39, 0.29) is 0 Å². The fourth-order valence-electron chi connectivity index (χ4n) is 4.87. The van der Waals surface area contributed by atoms with Crippen LogP contribution in [0.4, 0.5) is 0 Å². The molecule has 0 aliphatic heterocycles. The van der Waals surface area contributed by atoms with Gasteiger partial charge < -0.3 is 5.32 Å². The Hall–Kier alpha value is -0.480. The zero-order valence-corrected chi connectivity index (χ0v) is 10.9. The zero-order valence-electron chi connectivity index (χ0n) is 10.1. The van der Waals surface area contributed by atoms with E-state index in [4.69, 9.17) is 0 Å². The molecule has 4 aliphatic carbocycles. The Balaban J connectivity index is 1.49. The molecule has 0 atom stereocenters. The minimum Gasteiger partial charge on any atom is -0.305 e. The molecule has 4 aliphatic rings. The Bertz CT molecular complexity index is 366. The number of rotatable bonds is 3. The van der Waals surface area contributed by atoms with E-state index >= 15 is 0 Å². The van der Waals surface area contributed by atoms with Crippen LogP contribution >= 0.6 is 11.5 Å². The normalized spacial score (nSPS) is 43.2. The highest BCUT2D eigenvalue weighted by Crippen LogP contribution is 2.55. The molecular weight excluding hydrogens is 230 g/mol. The Morgan fingerprint density at radius 3 is 2.35 bits per heavy atom. The Kier molecular flexibility index (Phi) is 2.31. The summed E-state index contributed by atoms with van der Waals surface area (Å²) >= 11 is 1.46. The molecule has 4 heteroatoms. The first-order valence-corrected chi connectivity index (χ1v) is 7.66. The second kappa shape index (κ2) is 3.75. The van der Waals surface area contributed by atoms with Crippen LogP contribution in [-0.2, 0) is 6.54 Å². The van der Waals surface area contributed by atoms with Crippen molar-refractivity contribution in [2.24, 2.45) is 17.8 Å². The summed E-state index contributed by atoms with van der Waals surface area (Å²) < 4.78 is 3.94. The quantitative estimate of drug-likeness (QED) is 0.894. The van der Waals surface area contributed by atoms with Crippen molar-refractivity contribution in [3.63, 3.8) is 0 Å². The molecule has 1 aromatic heterocycles. The van der Waals surface area contributed by atoms with Crippen LogP contribution in [0.3, 0.4) is 0 Å². The van der Waals surface area contributed by atoms with Crippen molar-refractivity contribution in [2.45, 2.75) is 50.6 Å². The van der Waals surface area contributed by atoms with E-state index in [0.717, 1.165) is 30.0 Å². The maximum absolute atomic E-state index is 4.14. The molecule has 0 unspecified atom stereocenters. The maximum atomic E-state index is 4.14. The van der Waals surface area contributed by atoms with E-state index in [1.807, 2.05) is 0 Å². The van der Waals surface area contributed by atoms with Gasteiger partial charge in [-0.15, -0.1) is 5.10 Å². The summed E-state index contributed by atoms with van der Waals surface area (Å²) in [6.07, 6.45) is 8.78. The van der Waals surface area contributed by atoms with E-state index in [1.54, 1.807) is 0 Å². The minimum absolute atomic E-state index is 0.457. The van der Waals surface area contributed by atoms with Gasteiger partial charge in [0.05, 0.1) is 5.69 Å². The fourth-order valence-corrected chi connectivity index (χ4v) is 5.32. The summed E-state index contributed by atoms with van der Waals surface area (Å²) in [5.41, 5.74) is 1.57. The largest absolute Gasteiger partial charge is 0.305 e. The molecule has 0 radical (unpaired) electrons. The summed E-state index contributed by atoms with van der Waals surface area (Å²) in [5.74, 6) is 3.05. The lowest BCUT2D eigenvalue weighted by Gasteiger charge is -2.57. The highest BCUT2D eigenvalue weighted by molar-refractivity contribution is 7.03. The lowest BCUT2D eigenvalue weighted by atomic mass is 9.53. The third kappa shape index (κ3) is 1.82. The Morgan fingerprint density at radius 2 is 1.82 bits per heavy atom. The third-order valence-electron chi connectivity index (χ3n) is 5.09. The van der Waals surface area contributed by atoms with Crippen LogP contribution in [-0.4, -0.2) is 15.1 Å². The van der Waals surface area contributed by atoms with Crippen molar-refractivity contribution >= 4 is 11.5 Å². The highest BCUT2D eigenvalue weighted by atomic mass is 32.1. The number of aromatic nitrogens is 2. The first kappa shape index (κ1) is 10.4. The van der Waals surface area contributed by atoms with Gasteiger partial charge in [0.15, 0.2) is 0 Å². The minimum atomic E-state index is 0.457. The van der Waals surface area contributed by atoms with Gasteiger partial charge in [-0.05, 0) is 67.8 Å². The summed E-state index contributed by atoms with van der Waals surface area (Å²) in [5, 5.41) is 10.0. The summed E-state index contributed by atoms with van der Waals surface area (Å²) in [6.45, 7) is 0.919. The summed E-state index contributed by atoms with van der Waals surface area (Å²) in [4.78, 5) is 0. The van der Waals surface area contributed by atoms with Crippen LogP contribution in [0.1, 0.15) is 44.2 Å². The predicted octanol–water partition coefficient (Wildman–Crippen LogP) is 2.60. The van der Waals surface area contributed by atoms with Gasteiger partial charge in [-0.1, -0.05) is 4.49 Å². The van der Waals surface area contributed by atoms with Crippen LogP contribution in [0, 0.1) is 17.8 Å². The molecule has 3 nitrogen and oxygen atoms in total. The van der Waals surface area contributed by atoms with E-state index < -0.39 is 0 Å². The molecule has 92 valence electrons. The SMILES string of the molecule is c1snnc1CNC12CC3CC(CC(C3)C1)C2. The topological polar surface area (TPSA) is 37.8 Å². The molecule has 0 spiro atoms. The molecule has 17 heavy (non-hydrogen) atoms. The molecular formula is C13H19N3S. The zero-order chi connectivity index (χ0) is 11.3. The molecule has 1 aromatic rings. The van der Waals surface area contributed by atoms with Crippen LogP contribution < -0.4 is 5.32 Å². The van der Waals surface area contributed by atoms with E-state index in [1.165, 1.54) is 50.1 Å².